The van der Waals surface area contributed by atoms with E-state index in [1.54, 1.807) is 12.1 Å². The molecule has 1 aromatic rings. The Kier molecular flexibility index (Phi) is 8.86. The van der Waals surface area contributed by atoms with Crippen molar-refractivity contribution >= 4 is 17.6 Å². The quantitative estimate of drug-likeness (QED) is 0.655. The molecule has 25 heavy (non-hydrogen) atoms. The summed E-state index contributed by atoms with van der Waals surface area (Å²) >= 11 is 5.81. The van der Waals surface area contributed by atoms with E-state index in [1.807, 2.05) is 12.1 Å². The molecule has 0 radical (unpaired) electrons. The monoisotopic (exact) mass is 368 g/mol. The maximum Gasteiger partial charge on any atom is 0.314 e. The lowest BCUT2D eigenvalue weighted by atomic mass is 10.2. The van der Waals surface area contributed by atoms with Crippen molar-refractivity contribution in [3.05, 3.63) is 29.3 Å². The molecule has 1 aromatic carbocycles. The third-order valence-corrected chi connectivity index (χ3v) is 4.50. The minimum Gasteiger partial charge on any atom is -0.492 e. The average Bonchev–Trinajstić information content (AvgIpc) is 2.61. The molecule has 2 rings (SSSR count). The van der Waals surface area contributed by atoms with Gasteiger partial charge in [-0.3, -0.25) is 0 Å². The zero-order valence-electron chi connectivity index (χ0n) is 15.0. The van der Waals surface area contributed by atoms with Crippen molar-refractivity contribution in [2.45, 2.75) is 12.8 Å². The van der Waals surface area contributed by atoms with E-state index >= 15 is 0 Å². The molecule has 1 fully saturated rings. The fourth-order valence-corrected chi connectivity index (χ4v) is 2.79. The van der Waals surface area contributed by atoms with Gasteiger partial charge in [0.15, 0.2) is 0 Å². The number of hydrogen-bond acceptors (Lipinski definition) is 4. The summed E-state index contributed by atoms with van der Waals surface area (Å²) in [4.78, 5) is 16.5. The highest BCUT2D eigenvalue weighted by Gasteiger charge is 2.12. The number of likely N-dealkylation sites (N-methyl/N-ethyl adjacent to an activating group) is 1. The highest BCUT2D eigenvalue weighted by molar-refractivity contribution is 6.30. The Bertz CT molecular complexity index is 504. The van der Waals surface area contributed by atoms with Crippen LogP contribution in [0.4, 0.5) is 4.79 Å². The van der Waals surface area contributed by atoms with Crippen molar-refractivity contribution in [2.24, 2.45) is 0 Å². The number of rotatable bonds is 9. The summed E-state index contributed by atoms with van der Waals surface area (Å²) in [6.45, 7) is 7.32. The Morgan fingerprint density at radius 2 is 1.76 bits per heavy atom. The van der Waals surface area contributed by atoms with Crippen molar-refractivity contribution in [2.75, 3.05) is 59.5 Å². The van der Waals surface area contributed by atoms with Gasteiger partial charge >= 0.3 is 6.03 Å². The summed E-state index contributed by atoms with van der Waals surface area (Å²) in [5.74, 6) is 0.746. The molecule has 0 spiro atoms. The van der Waals surface area contributed by atoms with Gasteiger partial charge in [0, 0.05) is 37.7 Å². The zero-order chi connectivity index (χ0) is 17.9. The molecule has 2 amide bonds. The number of ether oxygens (including phenoxy) is 1. The molecule has 6 nitrogen and oxygen atoms in total. The number of carbonyl (C=O) groups excluding carboxylic acids is 1. The van der Waals surface area contributed by atoms with Gasteiger partial charge in [0.2, 0.25) is 0 Å². The van der Waals surface area contributed by atoms with Crippen LogP contribution in [-0.2, 0) is 0 Å². The van der Waals surface area contributed by atoms with E-state index in [9.17, 15) is 4.79 Å². The number of hydrogen-bond donors (Lipinski definition) is 2. The fraction of sp³-hybridized carbons (Fsp3) is 0.611. The number of unbranched alkanes of at least 4 members (excludes halogenated alkanes) is 1. The van der Waals surface area contributed by atoms with E-state index in [2.05, 4.69) is 27.5 Å². The number of nitrogens with zero attached hydrogens (tertiary/aromatic N) is 2. The minimum atomic E-state index is -0.140. The smallest absolute Gasteiger partial charge is 0.314 e. The van der Waals surface area contributed by atoms with Crippen molar-refractivity contribution in [1.82, 2.24) is 20.4 Å². The number of amides is 2. The number of halogens is 1. The summed E-state index contributed by atoms with van der Waals surface area (Å²) in [5, 5.41) is 6.35. The van der Waals surface area contributed by atoms with Crippen LogP contribution in [0.25, 0.3) is 0 Å². The van der Waals surface area contributed by atoms with Crippen molar-refractivity contribution < 1.29 is 9.53 Å². The largest absolute Gasteiger partial charge is 0.492 e. The zero-order valence-corrected chi connectivity index (χ0v) is 15.7. The van der Waals surface area contributed by atoms with Crippen LogP contribution in [0.5, 0.6) is 5.75 Å². The highest BCUT2D eigenvalue weighted by Crippen LogP contribution is 2.15. The van der Waals surface area contributed by atoms with E-state index in [4.69, 9.17) is 16.3 Å². The Balaban J connectivity index is 1.42. The molecule has 0 aliphatic carbocycles. The lowest BCUT2D eigenvalue weighted by Gasteiger charge is -2.32. The van der Waals surface area contributed by atoms with Gasteiger partial charge in [0.05, 0.1) is 6.54 Å². The predicted octanol–water partition coefficient (Wildman–Crippen LogP) is 2.05. The standard InChI is InChI=1S/C18H29ClN4O2/c1-22-11-13-23(14-12-22)10-3-2-8-20-18(24)21-9-15-25-17-6-4-16(19)5-7-17/h4-7H,2-3,8-15H2,1H3,(H2,20,21,24). The maximum atomic E-state index is 11.7. The molecule has 1 aliphatic heterocycles. The molecule has 140 valence electrons. The van der Waals surface area contributed by atoms with Gasteiger partial charge < -0.3 is 25.2 Å². The van der Waals surface area contributed by atoms with Crippen LogP contribution in [0.3, 0.4) is 0 Å². The molecule has 7 heteroatoms. The van der Waals surface area contributed by atoms with Crippen LogP contribution in [0, 0.1) is 0 Å². The second-order valence-corrected chi connectivity index (χ2v) is 6.77. The van der Waals surface area contributed by atoms with Crippen LogP contribution in [0.2, 0.25) is 5.02 Å². The molecule has 0 saturated carbocycles. The number of carbonyl (C=O) groups is 1. The van der Waals surface area contributed by atoms with E-state index in [1.165, 1.54) is 0 Å². The van der Waals surface area contributed by atoms with Gasteiger partial charge in [0.25, 0.3) is 0 Å². The summed E-state index contributed by atoms with van der Waals surface area (Å²) < 4.78 is 5.52. The van der Waals surface area contributed by atoms with Gasteiger partial charge in [-0.2, -0.15) is 0 Å². The van der Waals surface area contributed by atoms with E-state index in [0.717, 1.165) is 51.3 Å². The molecule has 0 bridgehead atoms. The first-order valence-corrected chi connectivity index (χ1v) is 9.32. The van der Waals surface area contributed by atoms with Gasteiger partial charge in [-0.1, -0.05) is 11.6 Å². The fourth-order valence-electron chi connectivity index (χ4n) is 2.66. The number of benzene rings is 1. The first-order chi connectivity index (χ1) is 12.1. The minimum absolute atomic E-state index is 0.140. The van der Waals surface area contributed by atoms with Crippen LogP contribution in [0.1, 0.15) is 12.8 Å². The number of urea groups is 1. The Morgan fingerprint density at radius 1 is 1.08 bits per heavy atom. The number of nitrogens with one attached hydrogen (secondary N) is 2. The lowest BCUT2D eigenvalue weighted by Crippen LogP contribution is -2.44. The molecule has 0 atom stereocenters. The third-order valence-electron chi connectivity index (χ3n) is 4.25. The normalized spacial score (nSPS) is 15.8. The van der Waals surface area contributed by atoms with Gasteiger partial charge in [-0.25, -0.2) is 4.79 Å². The van der Waals surface area contributed by atoms with Crippen LogP contribution in [-0.4, -0.2) is 75.3 Å². The van der Waals surface area contributed by atoms with Crippen LogP contribution in [0.15, 0.2) is 24.3 Å². The van der Waals surface area contributed by atoms with E-state index < -0.39 is 0 Å². The molecule has 1 aliphatic rings. The maximum absolute atomic E-state index is 11.7. The molecule has 1 saturated heterocycles. The first-order valence-electron chi connectivity index (χ1n) is 8.94. The highest BCUT2D eigenvalue weighted by atomic mass is 35.5. The molecule has 1 heterocycles. The molecule has 0 unspecified atom stereocenters. The topological polar surface area (TPSA) is 56.8 Å². The van der Waals surface area contributed by atoms with Crippen molar-refractivity contribution in [3.8, 4) is 5.75 Å². The van der Waals surface area contributed by atoms with E-state index in [-0.39, 0.29) is 6.03 Å². The second kappa shape index (κ2) is 11.2. The molecule has 0 aromatic heterocycles. The van der Waals surface area contributed by atoms with Gasteiger partial charge in [-0.05, 0) is 50.7 Å². The Hall–Kier alpha value is -1.50. The molecular weight excluding hydrogens is 340 g/mol. The van der Waals surface area contributed by atoms with Crippen molar-refractivity contribution in [3.63, 3.8) is 0 Å². The second-order valence-electron chi connectivity index (χ2n) is 6.34. The predicted molar refractivity (Wildman–Crippen MR) is 102 cm³/mol. The lowest BCUT2D eigenvalue weighted by molar-refractivity contribution is 0.152. The molecule has 2 N–H and O–H groups in total. The summed E-state index contributed by atoms with van der Waals surface area (Å²) in [6.07, 6.45) is 2.12. The van der Waals surface area contributed by atoms with Crippen molar-refractivity contribution in [1.29, 1.82) is 0 Å². The third kappa shape index (κ3) is 8.43. The summed E-state index contributed by atoms with van der Waals surface area (Å²) in [5.41, 5.74) is 0. The van der Waals surface area contributed by atoms with Crippen LogP contribution < -0.4 is 15.4 Å². The average molecular weight is 369 g/mol. The molecular formula is C18H29ClN4O2. The Labute approximate surface area is 155 Å². The number of piperazine rings is 1. The SMILES string of the molecule is CN1CCN(CCCCNC(=O)NCCOc2ccc(Cl)cc2)CC1. The summed E-state index contributed by atoms with van der Waals surface area (Å²) in [6, 6.07) is 7.03. The van der Waals surface area contributed by atoms with Gasteiger partial charge in [-0.15, -0.1) is 0 Å². The van der Waals surface area contributed by atoms with Gasteiger partial charge in [0.1, 0.15) is 12.4 Å². The summed E-state index contributed by atoms with van der Waals surface area (Å²) in [7, 11) is 2.17. The first kappa shape index (κ1) is 19.8. The van der Waals surface area contributed by atoms with Crippen LogP contribution >= 0.6 is 11.6 Å². The van der Waals surface area contributed by atoms with E-state index in [0.29, 0.717) is 24.7 Å². The Morgan fingerprint density at radius 3 is 2.48 bits per heavy atom.